The van der Waals surface area contributed by atoms with Crippen LogP contribution in [-0.4, -0.2) is 6.04 Å². The average molecular weight is 284 g/mol. The first-order valence-electron chi connectivity index (χ1n) is 6.90. The van der Waals surface area contributed by atoms with Crippen LogP contribution >= 0.6 is 11.3 Å². The summed E-state index contributed by atoms with van der Waals surface area (Å²) >= 11 is 1.87. The van der Waals surface area contributed by atoms with Gasteiger partial charge in [-0.2, -0.15) is 5.26 Å². The Morgan fingerprint density at radius 3 is 2.40 bits per heavy atom. The highest BCUT2D eigenvalue weighted by Gasteiger charge is 2.11. The molecule has 1 aromatic heterocycles. The van der Waals surface area contributed by atoms with Gasteiger partial charge in [0.05, 0.1) is 11.6 Å². The number of aryl methyl sites for hydroxylation is 1. The zero-order chi connectivity index (χ0) is 14.5. The molecule has 0 aliphatic rings. The molecule has 2 nitrogen and oxygen atoms in total. The number of hydrogen-bond donors (Lipinski definition) is 1. The first-order valence-corrected chi connectivity index (χ1v) is 7.71. The number of nitrogens with one attached hydrogen (secondary N) is 1. The Morgan fingerprint density at radius 1 is 1.15 bits per heavy atom. The van der Waals surface area contributed by atoms with E-state index in [-0.39, 0.29) is 0 Å². The summed E-state index contributed by atoms with van der Waals surface area (Å²) < 4.78 is 0. The Labute approximate surface area is 125 Å². The zero-order valence-electron chi connectivity index (χ0n) is 12.2. The summed E-state index contributed by atoms with van der Waals surface area (Å²) in [5, 5.41) is 12.4. The van der Waals surface area contributed by atoms with Crippen molar-refractivity contribution in [3.8, 4) is 6.07 Å². The number of hydrogen-bond acceptors (Lipinski definition) is 3. The van der Waals surface area contributed by atoms with Crippen molar-refractivity contribution in [2.24, 2.45) is 0 Å². The SMILES string of the molecule is Cc1ccc(CC(C)NC(C)c2ccc(C#N)cc2)s1. The molecule has 0 aliphatic heterocycles. The molecular weight excluding hydrogens is 264 g/mol. The largest absolute Gasteiger partial charge is 0.307 e. The molecule has 2 atom stereocenters. The molecule has 0 fully saturated rings. The van der Waals surface area contributed by atoms with E-state index < -0.39 is 0 Å². The summed E-state index contributed by atoms with van der Waals surface area (Å²) in [6.07, 6.45) is 1.05. The number of nitriles is 1. The molecule has 0 saturated heterocycles. The van der Waals surface area contributed by atoms with Crippen molar-refractivity contribution in [2.45, 2.75) is 39.3 Å². The van der Waals surface area contributed by atoms with E-state index in [0.29, 0.717) is 17.6 Å². The second-order valence-electron chi connectivity index (χ2n) is 5.24. The molecule has 20 heavy (non-hydrogen) atoms. The van der Waals surface area contributed by atoms with Crippen LogP contribution in [0.4, 0.5) is 0 Å². The molecule has 2 unspecified atom stereocenters. The van der Waals surface area contributed by atoms with Crippen LogP contribution in [0.2, 0.25) is 0 Å². The van der Waals surface area contributed by atoms with Crippen LogP contribution < -0.4 is 5.32 Å². The highest BCUT2D eigenvalue weighted by Crippen LogP contribution is 2.19. The molecule has 0 bridgehead atoms. The number of benzene rings is 1. The molecule has 0 saturated carbocycles. The molecule has 1 aromatic carbocycles. The van der Waals surface area contributed by atoms with E-state index in [1.165, 1.54) is 15.3 Å². The molecule has 2 rings (SSSR count). The Morgan fingerprint density at radius 2 is 1.85 bits per heavy atom. The van der Waals surface area contributed by atoms with E-state index >= 15 is 0 Å². The van der Waals surface area contributed by atoms with Crippen molar-refractivity contribution in [2.75, 3.05) is 0 Å². The maximum Gasteiger partial charge on any atom is 0.0991 e. The van der Waals surface area contributed by atoms with Crippen LogP contribution in [-0.2, 0) is 6.42 Å². The van der Waals surface area contributed by atoms with Crippen LogP contribution in [0.15, 0.2) is 36.4 Å². The predicted octanol–water partition coefficient (Wildman–Crippen LogP) is 4.21. The topological polar surface area (TPSA) is 35.8 Å². The first-order chi connectivity index (χ1) is 9.58. The number of rotatable bonds is 5. The Bertz CT molecular complexity index is 592. The fourth-order valence-corrected chi connectivity index (χ4v) is 3.34. The van der Waals surface area contributed by atoms with Gasteiger partial charge in [-0.15, -0.1) is 11.3 Å². The van der Waals surface area contributed by atoms with Gasteiger partial charge in [-0.3, -0.25) is 0 Å². The number of thiophene rings is 1. The van der Waals surface area contributed by atoms with Crippen molar-refractivity contribution < 1.29 is 0 Å². The quantitative estimate of drug-likeness (QED) is 0.892. The average Bonchev–Trinajstić information content (AvgIpc) is 2.84. The third-order valence-electron chi connectivity index (χ3n) is 3.38. The molecule has 1 heterocycles. The van der Waals surface area contributed by atoms with Gasteiger partial charge in [-0.25, -0.2) is 0 Å². The molecule has 104 valence electrons. The standard InChI is InChI=1S/C17H20N2S/c1-12(10-17-9-4-13(2)20-17)19-14(3)16-7-5-15(11-18)6-8-16/h4-9,12,14,19H,10H2,1-3H3. The van der Waals surface area contributed by atoms with Crippen molar-refractivity contribution in [1.29, 1.82) is 5.26 Å². The normalized spacial score (nSPS) is 13.7. The lowest BCUT2D eigenvalue weighted by Crippen LogP contribution is -2.30. The third kappa shape index (κ3) is 3.93. The molecule has 0 spiro atoms. The maximum absolute atomic E-state index is 8.81. The molecule has 0 radical (unpaired) electrons. The van der Waals surface area contributed by atoms with Crippen molar-refractivity contribution in [3.63, 3.8) is 0 Å². The molecule has 1 N–H and O–H groups in total. The van der Waals surface area contributed by atoms with E-state index in [1.807, 2.05) is 35.6 Å². The summed E-state index contributed by atoms with van der Waals surface area (Å²) in [6.45, 7) is 6.53. The minimum atomic E-state index is 0.291. The Kier molecular flexibility index (Phi) is 4.94. The second kappa shape index (κ2) is 6.69. The smallest absolute Gasteiger partial charge is 0.0991 e. The lowest BCUT2D eigenvalue weighted by atomic mass is 10.0. The predicted molar refractivity (Wildman–Crippen MR) is 84.9 cm³/mol. The zero-order valence-corrected chi connectivity index (χ0v) is 13.0. The highest BCUT2D eigenvalue weighted by atomic mass is 32.1. The minimum Gasteiger partial charge on any atom is -0.307 e. The summed E-state index contributed by atoms with van der Waals surface area (Å²) in [6, 6.07) is 15.1. The van der Waals surface area contributed by atoms with Gasteiger partial charge in [0.15, 0.2) is 0 Å². The van der Waals surface area contributed by atoms with Crippen molar-refractivity contribution in [3.05, 3.63) is 57.3 Å². The van der Waals surface area contributed by atoms with Crippen molar-refractivity contribution in [1.82, 2.24) is 5.32 Å². The van der Waals surface area contributed by atoms with E-state index in [4.69, 9.17) is 5.26 Å². The fraction of sp³-hybridized carbons (Fsp3) is 0.353. The molecule has 3 heteroatoms. The van der Waals surface area contributed by atoms with E-state index in [1.54, 1.807) is 0 Å². The summed E-state index contributed by atoms with van der Waals surface area (Å²) in [5.74, 6) is 0. The number of nitrogens with zero attached hydrogens (tertiary/aromatic N) is 1. The summed E-state index contributed by atoms with van der Waals surface area (Å²) in [7, 11) is 0. The van der Waals surface area contributed by atoms with Crippen LogP contribution in [0.3, 0.4) is 0 Å². The van der Waals surface area contributed by atoms with E-state index in [0.717, 1.165) is 6.42 Å². The van der Waals surface area contributed by atoms with Gasteiger partial charge >= 0.3 is 0 Å². The van der Waals surface area contributed by atoms with Gasteiger partial charge in [0.1, 0.15) is 0 Å². The summed E-state index contributed by atoms with van der Waals surface area (Å²) in [5.41, 5.74) is 1.93. The van der Waals surface area contributed by atoms with Crippen LogP contribution in [0.25, 0.3) is 0 Å². The lowest BCUT2D eigenvalue weighted by Gasteiger charge is -2.20. The second-order valence-corrected chi connectivity index (χ2v) is 6.61. The third-order valence-corrected chi connectivity index (χ3v) is 4.40. The van der Waals surface area contributed by atoms with Gasteiger partial charge in [-0.1, -0.05) is 12.1 Å². The van der Waals surface area contributed by atoms with E-state index in [9.17, 15) is 0 Å². The van der Waals surface area contributed by atoms with Gasteiger partial charge in [0.2, 0.25) is 0 Å². The molecule has 0 amide bonds. The highest BCUT2D eigenvalue weighted by molar-refractivity contribution is 7.11. The summed E-state index contributed by atoms with van der Waals surface area (Å²) in [4.78, 5) is 2.79. The van der Waals surface area contributed by atoms with Crippen LogP contribution in [0.1, 0.15) is 40.8 Å². The van der Waals surface area contributed by atoms with Crippen LogP contribution in [0.5, 0.6) is 0 Å². The monoisotopic (exact) mass is 284 g/mol. The fourth-order valence-electron chi connectivity index (χ4n) is 2.32. The Hall–Kier alpha value is -1.63. The molecular formula is C17H20N2S. The lowest BCUT2D eigenvalue weighted by molar-refractivity contribution is 0.479. The van der Waals surface area contributed by atoms with Crippen molar-refractivity contribution >= 4 is 11.3 Å². The van der Waals surface area contributed by atoms with Gasteiger partial charge in [0, 0.05) is 21.8 Å². The molecule has 2 aromatic rings. The van der Waals surface area contributed by atoms with Crippen LogP contribution in [0, 0.1) is 18.3 Å². The maximum atomic E-state index is 8.81. The first kappa shape index (κ1) is 14.8. The molecule has 0 aliphatic carbocycles. The van der Waals surface area contributed by atoms with E-state index in [2.05, 4.69) is 44.3 Å². The van der Waals surface area contributed by atoms with Gasteiger partial charge in [-0.05, 0) is 57.0 Å². The Balaban J connectivity index is 1.92. The van der Waals surface area contributed by atoms with Gasteiger partial charge < -0.3 is 5.32 Å². The van der Waals surface area contributed by atoms with Gasteiger partial charge in [0.25, 0.3) is 0 Å². The minimum absolute atomic E-state index is 0.291.